The minimum Gasteiger partial charge on any atom is -0.496 e. The van der Waals surface area contributed by atoms with Crippen LogP contribution in [0.25, 0.3) is 0 Å². The summed E-state index contributed by atoms with van der Waals surface area (Å²) in [6, 6.07) is 7.91. The zero-order chi connectivity index (χ0) is 11.3. The molecule has 1 aromatic rings. The normalized spacial score (nSPS) is 14.7. The van der Waals surface area contributed by atoms with E-state index in [-0.39, 0.29) is 5.54 Å². The van der Waals surface area contributed by atoms with Crippen molar-refractivity contribution in [2.45, 2.75) is 18.9 Å². The van der Waals surface area contributed by atoms with E-state index in [2.05, 4.69) is 0 Å². The first kappa shape index (κ1) is 12.0. The Kier molecular flexibility index (Phi) is 4.12. The van der Waals surface area contributed by atoms with Crippen molar-refractivity contribution in [3.63, 3.8) is 0 Å². The van der Waals surface area contributed by atoms with Gasteiger partial charge in [0.15, 0.2) is 0 Å². The van der Waals surface area contributed by atoms with Gasteiger partial charge in [0.1, 0.15) is 5.75 Å². The summed E-state index contributed by atoms with van der Waals surface area (Å²) in [5, 5.41) is 0. The average Bonchev–Trinajstić information content (AvgIpc) is 2.17. The summed E-state index contributed by atoms with van der Waals surface area (Å²) in [6.07, 6.45) is 0.741. The maximum absolute atomic E-state index is 6.10. The molecule has 0 saturated carbocycles. The Labute approximate surface area is 91.2 Å². The maximum Gasteiger partial charge on any atom is 0.122 e. The van der Waals surface area contributed by atoms with Gasteiger partial charge in [0, 0.05) is 12.6 Å². The Morgan fingerprint density at radius 2 is 1.93 bits per heavy atom. The Morgan fingerprint density at radius 1 is 1.27 bits per heavy atom. The van der Waals surface area contributed by atoms with Crippen molar-refractivity contribution in [3.8, 4) is 5.75 Å². The molecule has 0 amide bonds. The summed E-state index contributed by atoms with van der Waals surface area (Å²) in [4.78, 5) is 0. The number of para-hydroxylation sites is 1. The molecule has 1 unspecified atom stereocenters. The fourth-order valence-corrected chi connectivity index (χ4v) is 1.66. The summed E-state index contributed by atoms with van der Waals surface area (Å²) < 4.78 is 10.4. The van der Waals surface area contributed by atoms with Crippen molar-refractivity contribution in [1.29, 1.82) is 0 Å². The van der Waals surface area contributed by atoms with Gasteiger partial charge in [0.25, 0.3) is 0 Å². The zero-order valence-electron chi connectivity index (χ0n) is 9.62. The van der Waals surface area contributed by atoms with E-state index in [1.807, 2.05) is 31.2 Å². The number of hydrogen-bond donors (Lipinski definition) is 1. The van der Waals surface area contributed by atoms with Crippen molar-refractivity contribution in [2.75, 3.05) is 20.8 Å². The number of nitrogens with two attached hydrogens (primary N) is 1. The van der Waals surface area contributed by atoms with Crippen molar-refractivity contribution in [2.24, 2.45) is 5.73 Å². The molecule has 0 aliphatic carbocycles. The maximum atomic E-state index is 6.10. The molecular formula is C12H19NO2. The van der Waals surface area contributed by atoms with Crippen LogP contribution in [0.4, 0.5) is 0 Å². The predicted molar refractivity (Wildman–Crippen MR) is 61.2 cm³/mol. The number of rotatable bonds is 5. The fraction of sp³-hybridized carbons (Fsp3) is 0.500. The predicted octanol–water partition coefficient (Wildman–Crippen LogP) is 1.60. The molecule has 1 atom stereocenters. The number of hydrogen-bond acceptors (Lipinski definition) is 3. The highest BCUT2D eigenvalue weighted by atomic mass is 16.5. The molecule has 0 bridgehead atoms. The van der Waals surface area contributed by atoms with Crippen LogP contribution in [0.1, 0.15) is 12.5 Å². The second-order valence-corrected chi connectivity index (χ2v) is 4.08. The van der Waals surface area contributed by atoms with Gasteiger partial charge in [-0.05, 0) is 25.0 Å². The Hall–Kier alpha value is -1.06. The minimum atomic E-state index is -0.358. The van der Waals surface area contributed by atoms with E-state index in [1.165, 1.54) is 0 Å². The second kappa shape index (κ2) is 5.14. The van der Waals surface area contributed by atoms with Crippen LogP contribution in [0.15, 0.2) is 24.3 Å². The molecule has 1 rings (SSSR count). The number of ether oxygens (including phenoxy) is 2. The van der Waals surface area contributed by atoms with Crippen LogP contribution in [-0.4, -0.2) is 26.4 Å². The lowest BCUT2D eigenvalue weighted by atomic mass is 9.94. The van der Waals surface area contributed by atoms with Gasteiger partial charge in [0.05, 0.1) is 13.7 Å². The van der Waals surface area contributed by atoms with Crippen LogP contribution in [0.3, 0.4) is 0 Å². The summed E-state index contributed by atoms with van der Waals surface area (Å²) in [7, 11) is 3.33. The van der Waals surface area contributed by atoms with Crippen molar-refractivity contribution >= 4 is 0 Å². The smallest absolute Gasteiger partial charge is 0.122 e. The lowest BCUT2D eigenvalue weighted by molar-refractivity contribution is 0.140. The SMILES string of the molecule is COCC(C)(N)Cc1ccccc1OC. The molecule has 0 spiro atoms. The van der Waals surface area contributed by atoms with E-state index in [4.69, 9.17) is 15.2 Å². The van der Waals surface area contributed by atoms with Crippen molar-refractivity contribution in [3.05, 3.63) is 29.8 Å². The van der Waals surface area contributed by atoms with Gasteiger partial charge in [-0.3, -0.25) is 0 Å². The van der Waals surface area contributed by atoms with Gasteiger partial charge < -0.3 is 15.2 Å². The molecule has 0 heterocycles. The standard InChI is InChI=1S/C12H19NO2/c1-12(13,9-14-2)8-10-6-4-5-7-11(10)15-3/h4-7H,8-9,13H2,1-3H3. The summed E-state index contributed by atoms with van der Waals surface area (Å²) in [5.41, 5.74) is 6.86. The lowest BCUT2D eigenvalue weighted by Gasteiger charge is -2.24. The largest absolute Gasteiger partial charge is 0.496 e. The number of benzene rings is 1. The Morgan fingerprint density at radius 3 is 2.53 bits per heavy atom. The quantitative estimate of drug-likeness (QED) is 0.801. The zero-order valence-corrected chi connectivity index (χ0v) is 9.62. The molecule has 84 valence electrons. The molecule has 0 radical (unpaired) electrons. The first-order valence-corrected chi connectivity index (χ1v) is 4.99. The van der Waals surface area contributed by atoms with Gasteiger partial charge >= 0.3 is 0 Å². The number of methoxy groups -OCH3 is 2. The van der Waals surface area contributed by atoms with Crippen LogP contribution in [0, 0.1) is 0 Å². The molecule has 3 nitrogen and oxygen atoms in total. The second-order valence-electron chi connectivity index (χ2n) is 4.08. The summed E-state index contributed by atoms with van der Waals surface area (Å²) in [6.45, 7) is 2.51. The molecule has 0 aromatic heterocycles. The first-order valence-electron chi connectivity index (χ1n) is 4.99. The van der Waals surface area contributed by atoms with Crippen molar-refractivity contribution in [1.82, 2.24) is 0 Å². The molecule has 0 saturated heterocycles. The van der Waals surface area contributed by atoms with Gasteiger partial charge in [-0.2, -0.15) is 0 Å². The first-order chi connectivity index (χ1) is 7.09. The molecule has 2 N–H and O–H groups in total. The van der Waals surface area contributed by atoms with Crippen LogP contribution >= 0.6 is 0 Å². The van der Waals surface area contributed by atoms with E-state index in [0.29, 0.717) is 6.61 Å². The van der Waals surface area contributed by atoms with Gasteiger partial charge in [0.2, 0.25) is 0 Å². The Balaban J connectivity index is 2.79. The van der Waals surface area contributed by atoms with Gasteiger partial charge in [-0.15, -0.1) is 0 Å². The third-order valence-electron chi connectivity index (χ3n) is 2.26. The molecule has 0 fully saturated rings. The monoisotopic (exact) mass is 209 g/mol. The summed E-state index contributed by atoms with van der Waals surface area (Å²) in [5.74, 6) is 0.880. The lowest BCUT2D eigenvalue weighted by Crippen LogP contribution is -2.43. The molecule has 1 aromatic carbocycles. The van der Waals surface area contributed by atoms with E-state index >= 15 is 0 Å². The van der Waals surface area contributed by atoms with Crippen molar-refractivity contribution < 1.29 is 9.47 Å². The van der Waals surface area contributed by atoms with E-state index in [1.54, 1.807) is 14.2 Å². The summed E-state index contributed by atoms with van der Waals surface area (Å²) >= 11 is 0. The van der Waals surface area contributed by atoms with E-state index in [0.717, 1.165) is 17.7 Å². The highest BCUT2D eigenvalue weighted by Gasteiger charge is 2.20. The van der Waals surface area contributed by atoms with Crippen LogP contribution in [0.2, 0.25) is 0 Å². The molecular weight excluding hydrogens is 190 g/mol. The van der Waals surface area contributed by atoms with Crippen LogP contribution < -0.4 is 10.5 Å². The minimum absolute atomic E-state index is 0.358. The Bertz CT molecular complexity index is 310. The third-order valence-corrected chi connectivity index (χ3v) is 2.26. The van der Waals surface area contributed by atoms with Crippen LogP contribution in [-0.2, 0) is 11.2 Å². The van der Waals surface area contributed by atoms with E-state index in [9.17, 15) is 0 Å². The topological polar surface area (TPSA) is 44.5 Å². The molecule has 0 aliphatic heterocycles. The molecule has 3 heteroatoms. The van der Waals surface area contributed by atoms with E-state index < -0.39 is 0 Å². The molecule has 0 aliphatic rings. The molecule has 15 heavy (non-hydrogen) atoms. The highest BCUT2D eigenvalue weighted by molar-refractivity contribution is 5.34. The van der Waals surface area contributed by atoms with Gasteiger partial charge in [-0.25, -0.2) is 0 Å². The highest BCUT2D eigenvalue weighted by Crippen LogP contribution is 2.21. The third kappa shape index (κ3) is 3.53. The fourth-order valence-electron chi connectivity index (χ4n) is 1.66. The van der Waals surface area contributed by atoms with Crippen LogP contribution in [0.5, 0.6) is 5.75 Å². The average molecular weight is 209 g/mol. The van der Waals surface area contributed by atoms with Gasteiger partial charge in [-0.1, -0.05) is 18.2 Å².